The zero-order chi connectivity index (χ0) is 34.4. The van der Waals surface area contributed by atoms with Crippen LogP contribution in [0.4, 0.5) is 42.5 Å². The number of amides is 4. The average Bonchev–Trinajstić information content (AvgIpc) is 3.12. The number of aromatic nitrogens is 1. The van der Waals surface area contributed by atoms with E-state index in [4.69, 9.17) is 9.90 Å². The summed E-state index contributed by atoms with van der Waals surface area (Å²) in [6, 6.07) is 6.11. The zero-order valence-electron chi connectivity index (χ0n) is 25.0. The molecule has 3 heterocycles. The highest BCUT2D eigenvalue weighted by Gasteiger charge is 2.52. The van der Waals surface area contributed by atoms with Gasteiger partial charge >= 0.3 is 24.5 Å². The van der Waals surface area contributed by atoms with E-state index in [9.17, 15) is 40.7 Å². The van der Waals surface area contributed by atoms with Gasteiger partial charge in [0.05, 0.1) is 11.4 Å². The number of carboxylic acids is 1. The highest BCUT2D eigenvalue weighted by Crippen LogP contribution is 2.38. The lowest BCUT2D eigenvalue weighted by Gasteiger charge is -2.32. The van der Waals surface area contributed by atoms with Gasteiger partial charge in [0, 0.05) is 58.1 Å². The fraction of sp³-hybridized carbons (Fsp3) is 0.464. The molecular formula is C28H32F6N6O6. The molecule has 2 fully saturated rings. The number of pyridine rings is 1. The van der Waals surface area contributed by atoms with E-state index in [0.717, 1.165) is 48.8 Å². The summed E-state index contributed by atoms with van der Waals surface area (Å²) < 4.78 is 75.1. The lowest BCUT2D eigenvalue weighted by Crippen LogP contribution is -2.45. The Bertz CT molecular complexity index is 1410. The molecule has 2 aromatic rings. The van der Waals surface area contributed by atoms with E-state index < -0.39 is 47.6 Å². The maximum atomic E-state index is 13.4. The summed E-state index contributed by atoms with van der Waals surface area (Å²) in [5, 5.41) is 9.60. The number of aliphatic carboxylic acids is 1. The van der Waals surface area contributed by atoms with Crippen molar-refractivity contribution in [3.63, 3.8) is 0 Å². The van der Waals surface area contributed by atoms with E-state index in [1.807, 2.05) is 7.05 Å². The Morgan fingerprint density at radius 2 is 1.59 bits per heavy atom. The fourth-order valence-electron chi connectivity index (χ4n) is 4.51. The monoisotopic (exact) mass is 662 g/mol. The van der Waals surface area contributed by atoms with Crippen LogP contribution >= 0.6 is 0 Å². The number of anilines is 2. The molecule has 0 unspecified atom stereocenters. The fourth-order valence-corrected chi connectivity index (χ4v) is 4.51. The molecule has 0 aliphatic carbocycles. The molecule has 1 aromatic carbocycles. The van der Waals surface area contributed by atoms with Crippen molar-refractivity contribution in [2.75, 3.05) is 50.0 Å². The van der Waals surface area contributed by atoms with Crippen molar-refractivity contribution < 1.29 is 55.4 Å². The van der Waals surface area contributed by atoms with E-state index in [0.29, 0.717) is 6.54 Å². The van der Waals surface area contributed by atoms with Crippen molar-refractivity contribution >= 4 is 35.2 Å². The first-order valence-electron chi connectivity index (χ1n) is 13.8. The van der Waals surface area contributed by atoms with E-state index in [2.05, 4.69) is 24.8 Å². The molecule has 4 amide bonds. The van der Waals surface area contributed by atoms with Gasteiger partial charge in [-0.15, -0.1) is 13.2 Å². The van der Waals surface area contributed by atoms with Gasteiger partial charge in [0.1, 0.15) is 5.54 Å². The second kappa shape index (κ2) is 14.3. The molecule has 2 aliphatic heterocycles. The van der Waals surface area contributed by atoms with Gasteiger partial charge in [0.25, 0.3) is 5.91 Å². The van der Waals surface area contributed by atoms with E-state index in [1.54, 1.807) is 38.4 Å². The van der Waals surface area contributed by atoms with Crippen LogP contribution in [0.15, 0.2) is 42.7 Å². The van der Waals surface area contributed by atoms with Crippen LogP contribution in [-0.2, 0) is 20.9 Å². The predicted molar refractivity (Wildman–Crippen MR) is 151 cm³/mol. The third-order valence-corrected chi connectivity index (χ3v) is 7.13. The minimum absolute atomic E-state index is 0.0131. The summed E-state index contributed by atoms with van der Waals surface area (Å²) >= 11 is 0. The first-order valence-corrected chi connectivity index (χ1v) is 13.8. The Morgan fingerprint density at radius 3 is 2.13 bits per heavy atom. The minimum atomic E-state index is -5.08. The van der Waals surface area contributed by atoms with Crippen LogP contribution in [0.25, 0.3) is 0 Å². The molecule has 0 spiro atoms. The number of nitrogens with zero attached hydrogens (tertiary/aromatic N) is 5. The van der Waals surface area contributed by atoms with Crippen LogP contribution in [0.1, 0.15) is 25.8 Å². The molecule has 46 heavy (non-hydrogen) atoms. The average molecular weight is 663 g/mol. The van der Waals surface area contributed by atoms with Gasteiger partial charge in [0.15, 0.2) is 5.75 Å². The number of rotatable bonds is 8. The molecule has 0 saturated carbocycles. The Balaban J connectivity index is 0.000000738. The van der Waals surface area contributed by atoms with E-state index >= 15 is 0 Å². The van der Waals surface area contributed by atoms with Crippen molar-refractivity contribution in [1.82, 2.24) is 19.7 Å². The molecule has 2 aliphatic rings. The maximum Gasteiger partial charge on any atom is 0.573 e. The predicted octanol–water partition coefficient (Wildman–Crippen LogP) is 3.94. The van der Waals surface area contributed by atoms with Gasteiger partial charge < -0.3 is 29.9 Å². The quantitative estimate of drug-likeness (QED) is 0.319. The Kier molecular flexibility index (Phi) is 11.2. The van der Waals surface area contributed by atoms with Crippen LogP contribution in [0.3, 0.4) is 0 Å². The molecule has 1 aromatic heterocycles. The van der Waals surface area contributed by atoms with Crippen molar-refractivity contribution in [3.05, 3.63) is 48.3 Å². The molecule has 2 N–H and O–H groups in total. The van der Waals surface area contributed by atoms with Crippen LogP contribution in [-0.4, -0.2) is 106 Å². The van der Waals surface area contributed by atoms with Gasteiger partial charge in [-0.3, -0.25) is 14.6 Å². The molecule has 0 bridgehead atoms. The second-order valence-electron chi connectivity index (χ2n) is 10.9. The SMILES string of the molecule is CN1CCN(CCC(=O)Nc2cc(N3C(=O)N(Cc4ccncc4)C(C)(C)C3=O)ccc2OC(F)(F)F)CC1.O=C(O)C(F)(F)F. The first kappa shape index (κ1) is 36.0. The van der Waals surface area contributed by atoms with Crippen LogP contribution in [0.5, 0.6) is 5.75 Å². The van der Waals surface area contributed by atoms with Crippen molar-refractivity contribution in [1.29, 1.82) is 0 Å². The number of imide groups is 1. The van der Waals surface area contributed by atoms with Gasteiger partial charge in [-0.1, -0.05) is 0 Å². The number of ether oxygens (including phenoxy) is 1. The zero-order valence-corrected chi connectivity index (χ0v) is 25.0. The number of nitrogens with one attached hydrogen (secondary N) is 1. The topological polar surface area (TPSA) is 136 Å². The normalized spacial score (nSPS) is 17.4. The Morgan fingerprint density at radius 1 is 1.00 bits per heavy atom. The number of likely N-dealkylation sites (N-methyl/N-ethyl adjacent to an activating group) is 1. The number of carbonyl (C=O) groups is 4. The number of urea groups is 1. The molecule has 252 valence electrons. The van der Waals surface area contributed by atoms with E-state index in [-0.39, 0.29) is 24.3 Å². The summed E-state index contributed by atoms with van der Waals surface area (Å²) in [6.45, 7) is 7.05. The highest BCUT2D eigenvalue weighted by molar-refractivity contribution is 6.23. The molecule has 12 nitrogen and oxygen atoms in total. The molecule has 18 heteroatoms. The number of benzene rings is 1. The standard InChI is InChI=1S/C26H31F3N6O4.C2HF3O2/c1-25(2)23(37)35(24(38)34(25)17-18-6-9-30-10-7-18)19-4-5-21(39-26(27,28)29)20(16-19)31-22(36)8-11-33-14-12-32(3)13-15-33;3-2(4,5)1(6)7/h4-7,9-10,16H,8,11-15,17H2,1-3H3,(H,31,36);(H,6,7). The summed E-state index contributed by atoms with van der Waals surface area (Å²) in [5.41, 5.74) is -0.755. The number of alkyl halides is 6. The first-order chi connectivity index (χ1) is 21.3. The van der Waals surface area contributed by atoms with Crippen LogP contribution < -0.4 is 15.0 Å². The highest BCUT2D eigenvalue weighted by atomic mass is 19.4. The van der Waals surface area contributed by atoms with Crippen LogP contribution in [0.2, 0.25) is 0 Å². The summed E-state index contributed by atoms with van der Waals surface area (Å²) in [4.78, 5) is 58.8. The van der Waals surface area contributed by atoms with Gasteiger partial charge in [0.2, 0.25) is 5.91 Å². The van der Waals surface area contributed by atoms with Gasteiger partial charge in [-0.2, -0.15) is 13.2 Å². The largest absolute Gasteiger partial charge is 0.573 e. The number of piperazine rings is 1. The summed E-state index contributed by atoms with van der Waals surface area (Å²) in [6.07, 6.45) is -6.90. The maximum absolute atomic E-state index is 13.4. The second-order valence-corrected chi connectivity index (χ2v) is 10.9. The number of carboxylic acid groups (broad SMARTS) is 1. The third-order valence-electron chi connectivity index (χ3n) is 7.13. The lowest BCUT2D eigenvalue weighted by atomic mass is 10.0. The van der Waals surface area contributed by atoms with Crippen molar-refractivity contribution in [3.8, 4) is 5.75 Å². The number of hydrogen-bond acceptors (Lipinski definition) is 8. The van der Waals surface area contributed by atoms with E-state index in [1.165, 1.54) is 11.0 Å². The van der Waals surface area contributed by atoms with Crippen molar-refractivity contribution in [2.45, 2.75) is 44.9 Å². The molecular weight excluding hydrogens is 630 g/mol. The third kappa shape index (κ3) is 9.53. The van der Waals surface area contributed by atoms with Gasteiger partial charge in [-0.25, -0.2) is 14.5 Å². The molecule has 0 radical (unpaired) electrons. The minimum Gasteiger partial charge on any atom is -0.475 e. The summed E-state index contributed by atoms with van der Waals surface area (Å²) in [5.74, 6) is -4.48. The molecule has 0 atom stereocenters. The number of hydrogen-bond donors (Lipinski definition) is 2. The smallest absolute Gasteiger partial charge is 0.475 e. The molecule has 2 saturated heterocycles. The Labute approximate surface area is 259 Å². The van der Waals surface area contributed by atoms with Gasteiger partial charge in [-0.05, 0) is 56.8 Å². The number of carbonyl (C=O) groups excluding carboxylic acids is 3. The Hall–Kier alpha value is -4.45. The number of halogens is 6. The summed E-state index contributed by atoms with van der Waals surface area (Å²) in [7, 11) is 2.01. The van der Waals surface area contributed by atoms with Crippen molar-refractivity contribution in [2.24, 2.45) is 0 Å². The lowest BCUT2D eigenvalue weighted by molar-refractivity contribution is -0.274. The van der Waals surface area contributed by atoms with Crippen LogP contribution in [0, 0.1) is 0 Å². The molecule has 4 rings (SSSR count).